The lowest BCUT2D eigenvalue weighted by atomic mass is 10.1. The van der Waals surface area contributed by atoms with Gasteiger partial charge in [-0.05, 0) is 34.5 Å². The molecule has 0 bridgehead atoms. The van der Waals surface area contributed by atoms with Gasteiger partial charge in [0.2, 0.25) is 0 Å². The molecule has 6 heteroatoms. The number of hydrogen-bond acceptors (Lipinski definition) is 4. The molecule has 0 fully saturated rings. The Morgan fingerprint density at radius 1 is 1.43 bits per heavy atom. The fraction of sp³-hybridized carbons (Fsp3) is 0.333. The van der Waals surface area contributed by atoms with Crippen LogP contribution in [0.1, 0.15) is 31.0 Å². The summed E-state index contributed by atoms with van der Waals surface area (Å²) in [6, 6.07) is 7.71. The number of nitrogens with two attached hydrogens (primary N) is 1. The molecule has 0 aliphatic rings. The molecule has 0 amide bonds. The third-order valence-electron chi connectivity index (χ3n) is 3.41. The highest BCUT2D eigenvalue weighted by molar-refractivity contribution is 9.10. The van der Waals surface area contributed by atoms with Crippen LogP contribution in [-0.2, 0) is 13.0 Å². The SMILES string of the molecule is CCCn1ncnc1CC(N)c1cc2cccc(Br)c2o1. The van der Waals surface area contributed by atoms with Crippen molar-refractivity contribution in [3.8, 4) is 0 Å². The van der Waals surface area contributed by atoms with Gasteiger partial charge in [-0.2, -0.15) is 5.10 Å². The quantitative estimate of drug-likeness (QED) is 0.766. The summed E-state index contributed by atoms with van der Waals surface area (Å²) in [5.74, 6) is 1.66. The van der Waals surface area contributed by atoms with Crippen LogP contribution < -0.4 is 5.73 Å². The normalized spacial score (nSPS) is 12.9. The molecule has 0 saturated heterocycles. The number of nitrogens with zero attached hydrogens (tertiary/aromatic N) is 3. The van der Waals surface area contributed by atoms with Gasteiger partial charge in [0.1, 0.15) is 23.5 Å². The van der Waals surface area contributed by atoms with Crippen molar-refractivity contribution in [1.82, 2.24) is 14.8 Å². The summed E-state index contributed by atoms with van der Waals surface area (Å²) in [6.45, 7) is 2.97. The number of rotatable bonds is 5. The predicted octanol–water partition coefficient (Wildman–Crippen LogP) is 3.44. The highest BCUT2D eigenvalue weighted by atomic mass is 79.9. The van der Waals surface area contributed by atoms with Crippen LogP contribution in [0.3, 0.4) is 0 Å². The number of para-hydroxylation sites is 1. The van der Waals surface area contributed by atoms with Crippen molar-refractivity contribution in [2.45, 2.75) is 32.4 Å². The molecule has 2 N–H and O–H groups in total. The molecule has 0 aliphatic heterocycles. The van der Waals surface area contributed by atoms with Gasteiger partial charge >= 0.3 is 0 Å². The third-order valence-corrected chi connectivity index (χ3v) is 4.04. The van der Waals surface area contributed by atoms with Crippen LogP contribution in [0, 0.1) is 0 Å². The van der Waals surface area contributed by atoms with E-state index in [1.807, 2.05) is 28.9 Å². The number of furan rings is 1. The Morgan fingerprint density at radius 2 is 2.29 bits per heavy atom. The molecule has 1 aromatic carbocycles. The van der Waals surface area contributed by atoms with Crippen LogP contribution in [0.25, 0.3) is 11.0 Å². The average Bonchev–Trinajstić information content (AvgIpc) is 3.07. The summed E-state index contributed by atoms with van der Waals surface area (Å²) in [6.07, 6.45) is 3.20. The Morgan fingerprint density at radius 3 is 3.05 bits per heavy atom. The van der Waals surface area contributed by atoms with Gasteiger partial charge < -0.3 is 10.2 Å². The first kappa shape index (κ1) is 14.3. The minimum Gasteiger partial charge on any atom is -0.458 e. The zero-order valence-corrected chi connectivity index (χ0v) is 13.4. The lowest BCUT2D eigenvalue weighted by molar-refractivity contribution is 0.473. The van der Waals surface area contributed by atoms with Crippen molar-refractivity contribution >= 4 is 26.9 Å². The molecule has 3 aromatic rings. The first-order valence-electron chi connectivity index (χ1n) is 6.99. The van der Waals surface area contributed by atoms with Crippen LogP contribution in [0.5, 0.6) is 0 Å². The van der Waals surface area contributed by atoms with Crippen molar-refractivity contribution in [1.29, 1.82) is 0 Å². The van der Waals surface area contributed by atoms with Gasteiger partial charge in [0.25, 0.3) is 0 Å². The minimum absolute atomic E-state index is 0.232. The Labute approximate surface area is 131 Å². The fourth-order valence-corrected chi connectivity index (χ4v) is 2.83. The molecular formula is C15H17BrN4O. The largest absolute Gasteiger partial charge is 0.458 e. The van der Waals surface area contributed by atoms with E-state index in [1.54, 1.807) is 6.33 Å². The monoisotopic (exact) mass is 348 g/mol. The number of halogens is 1. The Balaban J connectivity index is 1.85. The summed E-state index contributed by atoms with van der Waals surface area (Å²) < 4.78 is 8.72. The third kappa shape index (κ3) is 2.87. The molecule has 0 aliphatic carbocycles. The molecule has 110 valence electrons. The standard InChI is InChI=1S/C15H17BrN4O/c1-2-6-20-14(18-9-19-20)8-12(17)13-7-10-4-3-5-11(16)15(10)21-13/h3-5,7,9,12H,2,6,8,17H2,1H3. The Hall–Kier alpha value is -1.66. The van der Waals surface area contributed by atoms with E-state index in [1.165, 1.54) is 0 Å². The highest BCUT2D eigenvalue weighted by Crippen LogP contribution is 2.29. The summed E-state index contributed by atoms with van der Waals surface area (Å²) >= 11 is 3.49. The zero-order valence-electron chi connectivity index (χ0n) is 11.8. The topological polar surface area (TPSA) is 69.9 Å². The summed E-state index contributed by atoms with van der Waals surface area (Å²) in [5, 5.41) is 5.27. The van der Waals surface area contributed by atoms with E-state index < -0.39 is 0 Å². The van der Waals surface area contributed by atoms with Crippen molar-refractivity contribution in [2.75, 3.05) is 0 Å². The van der Waals surface area contributed by atoms with Gasteiger partial charge in [0, 0.05) is 18.4 Å². The lowest BCUT2D eigenvalue weighted by Crippen LogP contribution is -2.16. The van der Waals surface area contributed by atoms with Crippen molar-refractivity contribution < 1.29 is 4.42 Å². The molecule has 21 heavy (non-hydrogen) atoms. The van der Waals surface area contributed by atoms with Crippen molar-refractivity contribution in [3.05, 3.63) is 46.7 Å². The van der Waals surface area contributed by atoms with Crippen molar-refractivity contribution in [2.24, 2.45) is 5.73 Å². The number of benzene rings is 1. The van der Waals surface area contributed by atoms with E-state index in [2.05, 4.69) is 32.9 Å². The van der Waals surface area contributed by atoms with E-state index in [-0.39, 0.29) is 6.04 Å². The molecule has 2 aromatic heterocycles. The molecule has 1 atom stereocenters. The van der Waals surface area contributed by atoms with Gasteiger partial charge in [-0.3, -0.25) is 4.68 Å². The van der Waals surface area contributed by atoms with Crippen LogP contribution in [-0.4, -0.2) is 14.8 Å². The predicted molar refractivity (Wildman–Crippen MR) is 84.9 cm³/mol. The molecule has 0 radical (unpaired) electrons. The minimum atomic E-state index is -0.232. The maximum absolute atomic E-state index is 6.28. The van der Waals surface area contributed by atoms with E-state index in [4.69, 9.17) is 10.2 Å². The van der Waals surface area contributed by atoms with E-state index in [9.17, 15) is 0 Å². The number of aromatic nitrogens is 3. The first-order chi connectivity index (χ1) is 10.2. The molecule has 0 saturated carbocycles. The second-order valence-electron chi connectivity index (χ2n) is 5.02. The van der Waals surface area contributed by atoms with E-state index in [0.717, 1.165) is 40.0 Å². The molecule has 0 spiro atoms. The maximum atomic E-state index is 6.28. The van der Waals surface area contributed by atoms with Crippen LogP contribution >= 0.6 is 15.9 Å². The van der Waals surface area contributed by atoms with Crippen LogP contribution in [0.15, 0.2) is 39.5 Å². The number of hydrogen-bond donors (Lipinski definition) is 1. The molecule has 1 unspecified atom stereocenters. The van der Waals surface area contributed by atoms with Crippen molar-refractivity contribution in [3.63, 3.8) is 0 Å². The van der Waals surface area contributed by atoms with Crippen LogP contribution in [0.2, 0.25) is 0 Å². The smallest absolute Gasteiger partial charge is 0.148 e. The molecule has 3 rings (SSSR count). The summed E-state index contributed by atoms with van der Waals surface area (Å²) in [5.41, 5.74) is 7.11. The highest BCUT2D eigenvalue weighted by Gasteiger charge is 2.16. The van der Waals surface area contributed by atoms with Gasteiger partial charge in [0.05, 0.1) is 10.5 Å². The molecule has 2 heterocycles. The fourth-order valence-electron chi connectivity index (χ4n) is 2.37. The number of fused-ring (bicyclic) bond motifs is 1. The Kier molecular flexibility index (Phi) is 4.07. The van der Waals surface area contributed by atoms with E-state index in [0.29, 0.717) is 6.42 Å². The van der Waals surface area contributed by atoms with Gasteiger partial charge in [0.15, 0.2) is 0 Å². The molecule has 5 nitrogen and oxygen atoms in total. The zero-order chi connectivity index (χ0) is 14.8. The first-order valence-corrected chi connectivity index (χ1v) is 7.78. The van der Waals surface area contributed by atoms with Gasteiger partial charge in [-0.1, -0.05) is 19.1 Å². The van der Waals surface area contributed by atoms with Gasteiger partial charge in [-0.25, -0.2) is 4.98 Å². The second kappa shape index (κ2) is 5.99. The lowest BCUT2D eigenvalue weighted by Gasteiger charge is -2.09. The summed E-state index contributed by atoms with van der Waals surface area (Å²) in [7, 11) is 0. The summed E-state index contributed by atoms with van der Waals surface area (Å²) in [4.78, 5) is 4.29. The van der Waals surface area contributed by atoms with E-state index >= 15 is 0 Å². The Bertz CT molecular complexity index is 749. The van der Waals surface area contributed by atoms with Gasteiger partial charge in [-0.15, -0.1) is 0 Å². The van der Waals surface area contributed by atoms with Crippen LogP contribution in [0.4, 0.5) is 0 Å². The maximum Gasteiger partial charge on any atom is 0.148 e. The second-order valence-corrected chi connectivity index (χ2v) is 5.87. The molecular weight excluding hydrogens is 332 g/mol. The average molecular weight is 349 g/mol. The number of aryl methyl sites for hydroxylation is 1.